The summed E-state index contributed by atoms with van der Waals surface area (Å²) in [5.74, 6) is 0.158. The van der Waals surface area contributed by atoms with Gasteiger partial charge in [0.1, 0.15) is 6.54 Å². The number of hydrogen-bond acceptors (Lipinski definition) is 3. The van der Waals surface area contributed by atoms with Crippen LogP contribution in [0.4, 0.5) is 5.69 Å². The van der Waals surface area contributed by atoms with Crippen LogP contribution < -0.4 is 16.0 Å². The van der Waals surface area contributed by atoms with Crippen LogP contribution in [0.1, 0.15) is 19.4 Å². The third-order valence-corrected chi connectivity index (χ3v) is 3.25. The molecule has 1 aromatic carbocycles. The van der Waals surface area contributed by atoms with E-state index in [0.29, 0.717) is 12.5 Å². The molecule has 0 radical (unpaired) electrons. The molecule has 0 fully saturated rings. The first-order valence-corrected chi connectivity index (χ1v) is 8.07. The highest BCUT2D eigenvalue weighted by atomic mass is 16.2. The molecule has 24 heavy (non-hydrogen) atoms. The van der Waals surface area contributed by atoms with E-state index in [1.165, 1.54) is 4.90 Å². The topological polar surface area (TPSA) is 85.8 Å². The van der Waals surface area contributed by atoms with Gasteiger partial charge < -0.3 is 20.9 Å². The number of benzene rings is 1. The van der Waals surface area contributed by atoms with Crippen molar-refractivity contribution >= 4 is 23.5 Å². The summed E-state index contributed by atoms with van der Waals surface area (Å²) >= 11 is 0. The molecule has 132 valence electrons. The average molecular weight is 333 g/mol. The van der Waals surface area contributed by atoms with Crippen molar-refractivity contribution in [3.8, 4) is 0 Å². The normalized spacial score (nSPS) is 10.9. The average Bonchev–Trinajstić information content (AvgIpc) is 2.57. The molecule has 0 aliphatic carbocycles. The van der Waals surface area contributed by atoms with Crippen LogP contribution in [0, 0.1) is 0 Å². The number of guanidine groups is 1. The molecule has 2 amide bonds. The molecule has 7 heteroatoms. The van der Waals surface area contributed by atoms with Crippen LogP contribution in [0.25, 0.3) is 0 Å². The molecule has 1 aromatic rings. The van der Waals surface area contributed by atoms with E-state index in [0.717, 1.165) is 17.7 Å². The molecule has 3 N–H and O–H groups in total. The van der Waals surface area contributed by atoms with Crippen molar-refractivity contribution in [2.24, 2.45) is 4.99 Å². The van der Waals surface area contributed by atoms with Gasteiger partial charge in [-0.15, -0.1) is 0 Å². The second-order valence-electron chi connectivity index (χ2n) is 5.44. The Bertz CT molecular complexity index is 584. The Balaban J connectivity index is 2.57. The molecule has 0 heterocycles. The minimum Gasteiger partial charge on any atom is -0.357 e. The maximum atomic E-state index is 12.0. The van der Waals surface area contributed by atoms with E-state index in [-0.39, 0.29) is 24.9 Å². The molecule has 0 saturated heterocycles. The number of hydrogen-bond donors (Lipinski definition) is 3. The van der Waals surface area contributed by atoms with Crippen molar-refractivity contribution in [3.05, 3.63) is 29.8 Å². The Morgan fingerprint density at radius 3 is 2.54 bits per heavy atom. The lowest BCUT2D eigenvalue weighted by Crippen LogP contribution is -2.43. The van der Waals surface area contributed by atoms with Gasteiger partial charge in [-0.1, -0.05) is 19.1 Å². The van der Waals surface area contributed by atoms with Crippen molar-refractivity contribution in [2.45, 2.75) is 20.3 Å². The third kappa shape index (κ3) is 7.13. The standard InChI is InChI=1S/C17H27N5O2/c1-5-13-8-7-9-14(10-13)21-15(23)11-19-17(18-6-2)20-12-16(24)22(3)4/h7-10H,5-6,11-12H2,1-4H3,(H,21,23)(H2,18,19,20). The molecule has 0 aliphatic heterocycles. The van der Waals surface area contributed by atoms with Crippen molar-refractivity contribution in [1.82, 2.24) is 15.5 Å². The Kier molecular flexibility index (Phi) is 8.32. The minimum absolute atomic E-state index is 0.0260. The lowest BCUT2D eigenvalue weighted by molar-refractivity contribution is -0.127. The van der Waals surface area contributed by atoms with Gasteiger partial charge in [-0.3, -0.25) is 9.59 Å². The van der Waals surface area contributed by atoms with Gasteiger partial charge in [-0.05, 0) is 31.0 Å². The van der Waals surface area contributed by atoms with Crippen molar-refractivity contribution in [1.29, 1.82) is 0 Å². The molecule has 0 bridgehead atoms. The van der Waals surface area contributed by atoms with E-state index >= 15 is 0 Å². The van der Waals surface area contributed by atoms with E-state index in [1.54, 1.807) is 14.1 Å². The Morgan fingerprint density at radius 2 is 1.92 bits per heavy atom. The second kappa shape index (κ2) is 10.3. The maximum absolute atomic E-state index is 12.0. The summed E-state index contributed by atoms with van der Waals surface area (Å²) in [4.78, 5) is 29.3. The molecular formula is C17H27N5O2. The minimum atomic E-state index is -0.209. The van der Waals surface area contributed by atoms with Crippen LogP contribution in [0.2, 0.25) is 0 Å². The van der Waals surface area contributed by atoms with Gasteiger partial charge >= 0.3 is 0 Å². The molecule has 0 aliphatic rings. The summed E-state index contributed by atoms with van der Waals surface area (Å²) in [5, 5.41) is 8.73. The van der Waals surface area contributed by atoms with Crippen LogP contribution in [-0.4, -0.2) is 56.4 Å². The number of nitrogens with one attached hydrogen (secondary N) is 3. The lowest BCUT2D eigenvalue weighted by atomic mass is 10.1. The van der Waals surface area contributed by atoms with Gasteiger partial charge in [-0.25, -0.2) is 4.99 Å². The number of rotatable bonds is 7. The van der Waals surface area contributed by atoms with Gasteiger partial charge in [0.05, 0.1) is 6.54 Å². The summed E-state index contributed by atoms with van der Waals surface area (Å²) in [6.07, 6.45) is 0.913. The number of aliphatic imine (C=N–C) groups is 1. The maximum Gasteiger partial charge on any atom is 0.246 e. The molecule has 7 nitrogen and oxygen atoms in total. The fraction of sp³-hybridized carbons (Fsp3) is 0.471. The number of nitrogens with zero attached hydrogens (tertiary/aromatic N) is 2. The smallest absolute Gasteiger partial charge is 0.246 e. The number of likely N-dealkylation sites (N-methyl/N-ethyl adjacent to an activating group) is 1. The van der Waals surface area contributed by atoms with E-state index in [4.69, 9.17) is 0 Å². The predicted octanol–water partition coefficient (Wildman–Crippen LogP) is 0.831. The molecule has 0 saturated carbocycles. The van der Waals surface area contributed by atoms with Gasteiger partial charge in [-0.2, -0.15) is 0 Å². The molecule has 0 spiro atoms. The van der Waals surface area contributed by atoms with Crippen molar-refractivity contribution in [3.63, 3.8) is 0 Å². The number of aryl methyl sites for hydroxylation is 1. The lowest BCUT2D eigenvalue weighted by Gasteiger charge is -2.14. The number of amides is 2. The predicted molar refractivity (Wildman–Crippen MR) is 97.1 cm³/mol. The highest BCUT2D eigenvalue weighted by molar-refractivity contribution is 5.94. The molecule has 0 atom stereocenters. The van der Waals surface area contributed by atoms with Crippen molar-refractivity contribution < 1.29 is 9.59 Å². The molecule has 1 rings (SSSR count). The first kappa shape index (κ1) is 19.5. The second-order valence-corrected chi connectivity index (χ2v) is 5.44. The van der Waals surface area contributed by atoms with Crippen LogP contribution >= 0.6 is 0 Å². The van der Waals surface area contributed by atoms with E-state index in [1.807, 2.05) is 31.2 Å². The molecule has 0 unspecified atom stereocenters. The Labute approximate surface area is 143 Å². The summed E-state index contributed by atoms with van der Waals surface area (Å²) in [6.45, 7) is 4.72. The third-order valence-electron chi connectivity index (χ3n) is 3.25. The molecule has 0 aromatic heterocycles. The van der Waals surface area contributed by atoms with Crippen LogP contribution in [-0.2, 0) is 16.0 Å². The fourth-order valence-corrected chi connectivity index (χ4v) is 1.88. The summed E-state index contributed by atoms with van der Waals surface area (Å²) in [7, 11) is 3.37. The van der Waals surface area contributed by atoms with E-state index < -0.39 is 0 Å². The monoisotopic (exact) mass is 333 g/mol. The summed E-state index contributed by atoms with van der Waals surface area (Å²) in [5.41, 5.74) is 1.92. The number of carbonyl (C=O) groups excluding carboxylic acids is 2. The summed E-state index contributed by atoms with van der Waals surface area (Å²) < 4.78 is 0. The highest BCUT2D eigenvalue weighted by Crippen LogP contribution is 2.10. The quantitative estimate of drug-likeness (QED) is 0.510. The summed E-state index contributed by atoms with van der Waals surface area (Å²) in [6, 6.07) is 7.72. The van der Waals surface area contributed by atoms with Gasteiger partial charge in [0.15, 0.2) is 5.96 Å². The van der Waals surface area contributed by atoms with E-state index in [9.17, 15) is 9.59 Å². The first-order chi connectivity index (χ1) is 11.5. The van der Waals surface area contributed by atoms with Crippen LogP contribution in [0.3, 0.4) is 0 Å². The number of carbonyl (C=O) groups is 2. The molecular weight excluding hydrogens is 306 g/mol. The SMILES string of the molecule is CCNC(=NCC(=O)Nc1cccc(CC)c1)NCC(=O)N(C)C. The zero-order chi connectivity index (χ0) is 17.9. The van der Waals surface area contributed by atoms with E-state index in [2.05, 4.69) is 27.9 Å². The highest BCUT2D eigenvalue weighted by Gasteiger charge is 2.07. The van der Waals surface area contributed by atoms with Crippen molar-refractivity contribution in [2.75, 3.05) is 39.0 Å². The zero-order valence-electron chi connectivity index (χ0n) is 14.8. The van der Waals surface area contributed by atoms with Gasteiger partial charge in [0, 0.05) is 26.3 Å². The first-order valence-electron chi connectivity index (χ1n) is 8.07. The van der Waals surface area contributed by atoms with Crippen LogP contribution in [0.5, 0.6) is 0 Å². The van der Waals surface area contributed by atoms with Gasteiger partial charge in [0.25, 0.3) is 0 Å². The zero-order valence-corrected chi connectivity index (χ0v) is 14.8. The number of anilines is 1. The largest absolute Gasteiger partial charge is 0.357 e. The Hall–Kier alpha value is -2.57. The van der Waals surface area contributed by atoms with Gasteiger partial charge in [0.2, 0.25) is 11.8 Å². The fourth-order valence-electron chi connectivity index (χ4n) is 1.88. The Morgan fingerprint density at radius 1 is 1.17 bits per heavy atom. The van der Waals surface area contributed by atoms with Crippen LogP contribution in [0.15, 0.2) is 29.3 Å².